The highest BCUT2D eigenvalue weighted by molar-refractivity contribution is 6.29. The third-order valence-electron chi connectivity index (χ3n) is 5.80. The molecule has 0 spiro atoms. The standard InChI is InChI=1S/C22H24N2O3/c1-13-11-17(18-12-23-7-8-24(18)9-10-25)14(2)20-19(13)21(26)15-5-3-4-6-16(15)22(20)27/h3-6,11,18,23,25H,7-10,12H2,1-2H3. The highest BCUT2D eigenvalue weighted by Gasteiger charge is 2.35. The molecule has 2 N–H and O–H groups in total. The molecule has 1 saturated heterocycles. The summed E-state index contributed by atoms with van der Waals surface area (Å²) in [6.07, 6.45) is 0. The number of hydrogen-bond donors (Lipinski definition) is 2. The number of aryl methyl sites for hydroxylation is 1. The van der Waals surface area contributed by atoms with Gasteiger partial charge in [-0.2, -0.15) is 0 Å². The molecule has 4 rings (SSSR count). The predicted molar refractivity (Wildman–Crippen MR) is 103 cm³/mol. The Kier molecular flexibility index (Phi) is 4.68. The number of aliphatic hydroxyl groups is 1. The highest BCUT2D eigenvalue weighted by atomic mass is 16.3. The second kappa shape index (κ2) is 7.00. The molecule has 0 amide bonds. The van der Waals surface area contributed by atoms with Crippen molar-refractivity contribution in [2.75, 3.05) is 32.8 Å². The first-order valence-electron chi connectivity index (χ1n) is 9.42. The summed E-state index contributed by atoms with van der Waals surface area (Å²) < 4.78 is 0. The summed E-state index contributed by atoms with van der Waals surface area (Å²) in [5, 5.41) is 12.8. The van der Waals surface area contributed by atoms with Gasteiger partial charge in [-0.1, -0.05) is 30.3 Å². The minimum absolute atomic E-state index is 0.0682. The van der Waals surface area contributed by atoms with Crippen LogP contribution in [0.25, 0.3) is 0 Å². The Bertz CT molecular complexity index is 933. The Hall–Kier alpha value is -2.34. The van der Waals surface area contributed by atoms with Gasteiger partial charge in [0.15, 0.2) is 11.6 Å². The van der Waals surface area contributed by atoms with Crippen molar-refractivity contribution in [3.05, 3.63) is 69.3 Å². The lowest BCUT2D eigenvalue weighted by atomic mass is 9.77. The van der Waals surface area contributed by atoms with E-state index >= 15 is 0 Å². The molecule has 1 heterocycles. The van der Waals surface area contributed by atoms with Crippen molar-refractivity contribution >= 4 is 11.6 Å². The molecule has 2 aliphatic rings. The predicted octanol–water partition coefficient (Wildman–Crippen LogP) is 2.02. The molecule has 5 nitrogen and oxygen atoms in total. The van der Waals surface area contributed by atoms with Gasteiger partial charge in [-0.05, 0) is 30.5 Å². The number of nitrogens with one attached hydrogen (secondary N) is 1. The second-order valence-corrected chi connectivity index (χ2v) is 7.34. The lowest BCUT2D eigenvalue weighted by Gasteiger charge is -2.37. The van der Waals surface area contributed by atoms with Gasteiger partial charge in [0.25, 0.3) is 0 Å². The average molecular weight is 364 g/mol. The lowest BCUT2D eigenvalue weighted by Crippen LogP contribution is -2.47. The van der Waals surface area contributed by atoms with Gasteiger partial charge in [-0.25, -0.2) is 0 Å². The molecule has 1 aliphatic heterocycles. The van der Waals surface area contributed by atoms with Crippen LogP contribution in [0.4, 0.5) is 0 Å². The Morgan fingerprint density at radius 1 is 1.11 bits per heavy atom. The zero-order valence-electron chi connectivity index (χ0n) is 15.7. The number of β-amino-alcohol motifs (C(OH)–C–C–N with tert-alkyl or cyclic N) is 1. The smallest absolute Gasteiger partial charge is 0.194 e. The minimum atomic E-state index is -0.0693. The van der Waals surface area contributed by atoms with Crippen molar-refractivity contribution in [2.24, 2.45) is 0 Å². The van der Waals surface area contributed by atoms with E-state index in [0.717, 1.165) is 36.3 Å². The summed E-state index contributed by atoms with van der Waals surface area (Å²) in [6.45, 7) is 7.03. The Balaban J connectivity index is 1.88. The van der Waals surface area contributed by atoms with Gasteiger partial charge in [0.05, 0.1) is 6.61 Å². The quantitative estimate of drug-likeness (QED) is 0.744. The number of benzene rings is 2. The monoisotopic (exact) mass is 364 g/mol. The number of aliphatic hydroxyl groups excluding tert-OH is 1. The molecule has 2 aromatic carbocycles. The van der Waals surface area contributed by atoms with Crippen molar-refractivity contribution in [1.29, 1.82) is 0 Å². The molecule has 0 aromatic heterocycles. The average Bonchev–Trinajstić information content (AvgIpc) is 2.68. The van der Waals surface area contributed by atoms with Crippen LogP contribution in [0, 0.1) is 13.8 Å². The maximum atomic E-state index is 13.2. The maximum Gasteiger partial charge on any atom is 0.194 e. The zero-order valence-corrected chi connectivity index (χ0v) is 15.7. The van der Waals surface area contributed by atoms with E-state index in [4.69, 9.17) is 0 Å². The third kappa shape index (κ3) is 2.83. The molecule has 140 valence electrons. The Morgan fingerprint density at radius 3 is 2.44 bits per heavy atom. The number of piperazine rings is 1. The van der Waals surface area contributed by atoms with E-state index < -0.39 is 0 Å². The molecule has 1 aliphatic carbocycles. The third-order valence-corrected chi connectivity index (χ3v) is 5.80. The Labute approximate surface area is 159 Å². The number of hydrogen-bond acceptors (Lipinski definition) is 5. The van der Waals surface area contributed by atoms with Crippen LogP contribution in [0.2, 0.25) is 0 Å². The van der Waals surface area contributed by atoms with Gasteiger partial charge >= 0.3 is 0 Å². The van der Waals surface area contributed by atoms with Crippen molar-refractivity contribution in [1.82, 2.24) is 10.2 Å². The maximum absolute atomic E-state index is 13.2. The Morgan fingerprint density at radius 2 is 1.78 bits per heavy atom. The van der Waals surface area contributed by atoms with Crippen molar-refractivity contribution < 1.29 is 14.7 Å². The van der Waals surface area contributed by atoms with E-state index in [1.807, 2.05) is 13.8 Å². The highest BCUT2D eigenvalue weighted by Crippen LogP contribution is 2.36. The molecule has 1 fully saturated rings. The molecular formula is C22H24N2O3. The fourth-order valence-corrected chi connectivity index (χ4v) is 4.46. The number of nitrogens with zero attached hydrogens (tertiary/aromatic N) is 1. The summed E-state index contributed by atoms with van der Waals surface area (Å²) in [7, 11) is 0. The van der Waals surface area contributed by atoms with Gasteiger partial charge in [0.1, 0.15) is 0 Å². The van der Waals surface area contributed by atoms with E-state index in [1.54, 1.807) is 24.3 Å². The van der Waals surface area contributed by atoms with Crippen molar-refractivity contribution in [2.45, 2.75) is 19.9 Å². The number of fused-ring (bicyclic) bond motifs is 2. The van der Waals surface area contributed by atoms with Gasteiger partial charge in [-0.15, -0.1) is 0 Å². The number of carbonyl (C=O) groups excluding carboxylic acids is 2. The molecule has 0 saturated carbocycles. The molecule has 0 bridgehead atoms. The van der Waals surface area contributed by atoms with Gasteiger partial charge in [-0.3, -0.25) is 14.5 Å². The van der Waals surface area contributed by atoms with Gasteiger partial charge in [0, 0.05) is 54.5 Å². The lowest BCUT2D eigenvalue weighted by molar-refractivity contribution is 0.0977. The molecule has 2 aromatic rings. The van der Waals surface area contributed by atoms with E-state index in [1.165, 1.54) is 0 Å². The fourth-order valence-electron chi connectivity index (χ4n) is 4.46. The van der Waals surface area contributed by atoms with Crippen LogP contribution < -0.4 is 5.32 Å². The van der Waals surface area contributed by atoms with E-state index in [0.29, 0.717) is 28.8 Å². The largest absolute Gasteiger partial charge is 0.395 e. The topological polar surface area (TPSA) is 69.6 Å². The molecule has 1 atom stereocenters. The number of rotatable bonds is 3. The molecule has 1 unspecified atom stereocenters. The van der Waals surface area contributed by atoms with E-state index in [-0.39, 0.29) is 24.2 Å². The van der Waals surface area contributed by atoms with Crippen LogP contribution in [0.15, 0.2) is 30.3 Å². The first-order chi connectivity index (χ1) is 13.0. The van der Waals surface area contributed by atoms with Crippen LogP contribution in [0.5, 0.6) is 0 Å². The van der Waals surface area contributed by atoms with Crippen molar-refractivity contribution in [3.63, 3.8) is 0 Å². The molecule has 27 heavy (non-hydrogen) atoms. The van der Waals surface area contributed by atoms with Crippen LogP contribution >= 0.6 is 0 Å². The summed E-state index contributed by atoms with van der Waals surface area (Å²) in [6, 6.07) is 9.20. The molecular weight excluding hydrogens is 340 g/mol. The summed E-state index contributed by atoms with van der Waals surface area (Å²) in [4.78, 5) is 28.6. The van der Waals surface area contributed by atoms with Crippen molar-refractivity contribution in [3.8, 4) is 0 Å². The van der Waals surface area contributed by atoms with Gasteiger partial charge in [0.2, 0.25) is 0 Å². The summed E-state index contributed by atoms with van der Waals surface area (Å²) in [5.74, 6) is -0.138. The summed E-state index contributed by atoms with van der Waals surface area (Å²) >= 11 is 0. The number of ketones is 2. The SMILES string of the molecule is Cc1cc(C2CNCCN2CCO)c(C)c2c1C(=O)c1ccccc1C2=O. The zero-order chi connectivity index (χ0) is 19.1. The van der Waals surface area contributed by atoms with Crippen LogP contribution in [-0.4, -0.2) is 54.4 Å². The van der Waals surface area contributed by atoms with Gasteiger partial charge < -0.3 is 10.4 Å². The van der Waals surface area contributed by atoms with E-state index in [2.05, 4.69) is 16.3 Å². The van der Waals surface area contributed by atoms with Crippen LogP contribution in [0.3, 0.4) is 0 Å². The van der Waals surface area contributed by atoms with Crippen LogP contribution in [0.1, 0.15) is 54.6 Å². The first-order valence-corrected chi connectivity index (χ1v) is 9.42. The molecule has 5 heteroatoms. The number of carbonyl (C=O) groups is 2. The summed E-state index contributed by atoms with van der Waals surface area (Å²) in [5.41, 5.74) is 4.84. The van der Waals surface area contributed by atoms with Crippen LogP contribution in [-0.2, 0) is 0 Å². The second-order valence-electron chi connectivity index (χ2n) is 7.34. The minimum Gasteiger partial charge on any atom is -0.395 e. The van der Waals surface area contributed by atoms with E-state index in [9.17, 15) is 14.7 Å². The first kappa shape index (κ1) is 18.0. The molecule has 0 radical (unpaired) electrons. The fraction of sp³-hybridized carbons (Fsp3) is 0.364. The normalized spacial score (nSPS) is 19.7.